The Balaban J connectivity index is 1.43. The summed E-state index contributed by atoms with van der Waals surface area (Å²) in [6.45, 7) is 0. The first-order valence-electron chi connectivity index (χ1n) is 11.6. The first-order chi connectivity index (χ1) is 14.8. The van der Waals surface area contributed by atoms with Gasteiger partial charge in [0.2, 0.25) is 0 Å². The van der Waals surface area contributed by atoms with Crippen molar-refractivity contribution in [1.29, 1.82) is 0 Å². The number of hydrogen-bond donors (Lipinski definition) is 0. The standard InChI is InChI=1S/C30H26/c1-2-6-20-10-24-14-28-18-30-16-26-12-22-8-4-3-7-21(22)11-25(26)15-29(30)17-27(28)13-23(24)9-19(20)5-1/h1-2,5-6,9-11,13-18,21-22,26H,3-4,7-8,12H2. The molecule has 3 unspecified atom stereocenters. The van der Waals surface area contributed by atoms with Crippen LogP contribution >= 0.6 is 0 Å². The molecule has 0 heteroatoms. The Labute approximate surface area is 177 Å². The van der Waals surface area contributed by atoms with Crippen molar-refractivity contribution in [2.24, 2.45) is 17.8 Å². The molecule has 1 saturated carbocycles. The van der Waals surface area contributed by atoms with E-state index < -0.39 is 0 Å². The van der Waals surface area contributed by atoms with E-state index in [0.717, 1.165) is 11.8 Å². The molecule has 0 bridgehead atoms. The Morgan fingerprint density at radius 2 is 1.23 bits per heavy atom. The van der Waals surface area contributed by atoms with Crippen LogP contribution in [0.5, 0.6) is 0 Å². The normalized spacial score (nSPS) is 25.1. The fourth-order valence-corrected chi connectivity index (χ4v) is 6.35. The second kappa shape index (κ2) is 6.32. The van der Waals surface area contributed by atoms with Crippen LogP contribution in [0.4, 0.5) is 0 Å². The zero-order valence-electron chi connectivity index (χ0n) is 17.3. The van der Waals surface area contributed by atoms with Gasteiger partial charge in [-0.3, -0.25) is 0 Å². The second-order valence-corrected chi connectivity index (χ2v) is 9.76. The largest absolute Gasteiger partial charge is 0.0773 e. The molecule has 3 atom stereocenters. The molecule has 0 heterocycles. The molecule has 0 aliphatic heterocycles. The summed E-state index contributed by atoms with van der Waals surface area (Å²) < 4.78 is 0. The molecule has 0 saturated heterocycles. The zero-order chi connectivity index (χ0) is 19.7. The zero-order valence-corrected chi connectivity index (χ0v) is 17.3. The fraction of sp³-hybridized carbons (Fsp3) is 0.267. The van der Waals surface area contributed by atoms with Crippen LogP contribution in [-0.2, 0) is 0 Å². The summed E-state index contributed by atoms with van der Waals surface area (Å²) in [6.07, 6.45) is 14.7. The van der Waals surface area contributed by atoms with Gasteiger partial charge >= 0.3 is 0 Å². The monoisotopic (exact) mass is 386 g/mol. The van der Waals surface area contributed by atoms with Gasteiger partial charge in [-0.1, -0.05) is 55.3 Å². The molecule has 0 N–H and O–H groups in total. The maximum Gasteiger partial charge on any atom is 0.00271 e. The van der Waals surface area contributed by atoms with Gasteiger partial charge in [0.15, 0.2) is 0 Å². The van der Waals surface area contributed by atoms with Crippen molar-refractivity contribution in [3.63, 3.8) is 0 Å². The van der Waals surface area contributed by atoms with Gasteiger partial charge in [-0.15, -0.1) is 0 Å². The van der Waals surface area contributed by atoms with Crippen LogP contribution in [0.1, 0.15) is 32.1 Å². The van der Waals surface area contributed by atoms with Crippen LogP contribution in [0.3, 0.4) is 0 Å². The van der Waals surface area contributed by atoms with Crippen molar-refractivity contribution in [2.45, 2.75) is 32.1 Å². The number of fused-ring (bicyclic) bond motifs is 6. The number of allylic oxidation sites excluding steroid dienone is 2. The summed E-state index contributed by atoms with van der Waals surface area (Å²) in [5.74, 6) is 2.36. The van der Waals surface area contributed by atoms with E-state index in [1.165, 1.54) is 74.9 Å². The van der Waals surface area contributed by atoms with Crippen LogP contribution in [0.25, 0.3) is 44.5 Å². The minimum absolute atomic E-state index is 0.624. The third kappa shape index (κ3) is 2.59. The lowest BCUT2D eigenvalue weighted by Gasteiger charge is -2.37. The molecule has 4 aromatic carbocycles. The quantitative estimate of drug-likeness (QED) is 0.304. The average molecular weight is 387 g/mol. The topological polar surface area (TPSA) is 0 Å². The maximum absolute atomic E-state index is 2.63. The van der Waals surface area contributed by atoms with E-state index >= 15 is 0 Å². The number of rotatable bonds is 0. The van der Waals surface area contributed by atoms with Crippen molar-refractivity contribution in [3.8, 4) is 0 Å². The Morgan fingerprint density at radius 1 is 0.600 bits per heavy atom. The Kier molecular flexibility index (Phi) is 3.56. The van der Waals surface area contributed by atoms with E-state index in [-0.39, 0.29) is 0 Å². The lowest BCUT2D eigenvalue weighted by Crippen LogP contribution is -2.34. The van der Waals surface area contributed by atoms with Crippen LogP contribution in [0.2, 0.25) is 0 Å². The molecule has 4 aromatic rings. The first kappa shape index (κ1) is 16.9. The molecule has 0 aromatic heterocycles. The van der Waals surface area contributed by atoms with Gasteiger partial charge in [0.25, 0.3) is 0 Å². The van der Waals surface area contributed by atoms with E-state index in [9.17, 15) is 0 Å². The molecule has 3 aliphatic rings. The summed E-state index contributed by atoms with van der Waals surface area (Å²) in [6, 6.07) is 23.0. The van der Waals surface area contributed by atoms with Crippen LogP contribution in [-0.4, -0.2) is 0 Å². The van der Waals surface area contributed by atoms with E-state index in [0.29, 0.717) is 5.92 Å². The van der Waals surface area contributed by atoms with E-state index in [4.69, 9.17) is 0 Å². The van der Waals surface area contributed by atoms with Gasteiger partial charge < -0.3 is 0 Å². The highest BCUT2D eigenvalue weighted by molar-refractivity contribution is 6.04. The maximum atomic E-state index is 2.63. The molecular formula is C30H26. The molecule has 7 rings (SSSR count). The number of hydrogen-bond acceptors (Lipinski definition) is 0. The molecule has 0 amide bonds. The Hall–Kier alpha value is -2.86. The SMILES string of the molecule is C1=C2C=c3cc4cc5cc6ccccc6cc5cc4cc3=CC2CC2CCCCC12. The highest BCUT2D eigenvalue weighted by Gasteiger charge is 2.31. The molecular weight excluding hydrogens is 360 g/mol. The van der Waals surface area contributed by atoms with Crippen LogP contribution in [0, 0.1) is 17.8 Å². The predicted molar refractivity (Wildman–Crippen MR) is 129 cm³/mol. The molecule has 146 valence electrons. The van der Waals surface area contributed by atoms with Crippen molar-refractivity contribution in [3.05, 3.63) is 82.8 Å². The van der Waals surface area contributed by atoms with Crippen LogP contribution in [0.15, 0.2) is 72.3 Å². The lowest BCUT2D eigenvalue weighted by molar-refractivity contribution is 0.243. The predicted octanol–water partition coefficient (Wildman–Crippen LogP) is 6.47. The molecule has 1 fully saturated rings. The highest BCUT2D eigenvalue weighted by Crippen LogP contribution is 2.43. The summed E-state index contributed by atoms with van der Waals surface area (Å²) in [5.41, 5.74) is 1.58. The molecule has 0 spiro atoms. The first-order valence-corrected chi connectivity index (χ1v) is 11.6. The highest BCUT2D eigenvalue weighted by atomic mass is 14.4. The summed E-state index contributed by atoms with van der Waals surface area (Å²) in [5, 5.41) is 10.9. The molecule has 0 nitrogen and oxygen atoms in total. The van der Waals surface area contributed by atoms with Crippen LogP contribution < -0.4 is 10.4 Å². The molecule has 3 aliphatic carbocycles. The molecule has 30 heavy (non-hydrogen) atoms. The third-order valence-corrected chi connectivity index (χ3v) is 7.92. The van der Waals surface area contributed by atoms with Crippen molar-refractivity contribution >= 4 is 44.5 Å². The van der Waals surface area contributed by atoms with Gasteiger partial charge in [-0.2, -0.15) is 0 Å². The fourth-order valence-electron chi connectivity index (χ4n) is 6.35. The lowest BCUT2D eigenvalue weighted by atomic mass is 9.67. The Bertz CT molecular complexity index is 1480. The number of benzene rings is 4. The van der Waals surface area contributed by atoms with E-state index in [1.54, 1.807) is 5.57 Å². The minimum Gasteiger partial charge on any atom is -0.0773 e. The minimum atomic E-state index is 0.624. The smallest absolute Gasteiger partial charge is 0.00271 e. The summed E-state index contributed by atoms with van der Waals surface area (Å²) >= 11 is 0. The van der Waals surface area contributed by atoms with E-state index in [1.807, 2.05) is 0 Å². The van der Waals surface area contributed by atoms with Gasteiger partial charge in [0, 0.05) is 5.92 Å². The third-order valence-electron chi connectivity index (χ3n) is 7.92. The van der Waals surface area contributed by atoms with E-state index in [2.05, 4.69) is 78.9 Å². The van der Waals surface area contributed by atoms with Crippen molar-refractivity contribution < 1.29 is 0 Å². The van der Waals surface area contributed by atoms with Gasteiger partial charge in [0.05, 0.1) is 0 Å². The van der Waals surface area contributed by atoms with Gasteiger partial charge in [-0.05, 0) is 116 Å². The van der Waals surface area contributed by atoms with Crippen molar-refractivity contribution in [2.75, 3.05) is 0 Å². The average Bonchev–Trinajstić information content (AvgIpc) is 2.77. The molecule has 0 radical (unpaired) electrons. The van der Waals surface area contributed by atoms with Gasteiger partial charge in [0.1, 0.15) is 0 Å². The second-order valence-electron chi connectivity index (χ2n) is 9.76. The summed E-state index contributed by atoms with van der Waals surface area (Å²) in [4.78, 5) is 0. The Morgan fingerprint density at radius 3 is 2.00 bits per heavy atom. The summed E-state index contributed by atoms with van der Waals surface area (Å²) in [7, 11) is 0. The van der Waals surface area contributed by atoms with Gasteiger partial charge in [-0.25, -0.2) is 0 Å². The van der Waals surface area contributed by atoms with Crippen molar-refractivity contribution in [1.82, 2.24) is 0 Å².